The lowest BCUT2D eigenvalue weighted by molar-refractivity contribution is -0.142. The van der Waals surface area contributed by atoms with Crippen LogP contribution >= 0.6 is 43.5 Å². The molecule has 0 bridgehead atoms. The predicted octanol–water partition coefficient (Wildman–Crippen LogP) is 5.58. The van der Waals surface area contributed by atoms with Crippen LogP contribution < -0.4 is 10.1 Å². The number of carbonyl (C=O) groups excluding carboxylic acids is 2. The minimum Gasteiger partial charge on any atom is -0.482 e. The van der Waals surface area contributed by atoms with Crippen molar-refractivity contribution in [2.24, 2.45) is 0 Å². The van der Waals surface area contributed by atoms with Crippen LogP contribution in [0.15, 0.2) is 51.4 Å². The Bertz CT molecular complexity index is 894. The smallest absolute Gasteiger partial charge is 0.261 e. The summed E-state index contributed by atoms with van der Waals surface area (Å²) in [4.78, 5) is 27.3. The zero-order valence-corrected chi connectivity index (χ0v) is 21.1. The molecule has 162 valence electrons. The first-order valence-corrected chi connectivity index (χ1v) is 11.6. The van der Waals surface area contributed by atoms with E-state index >= 15 is 0 Å². The Morgan fingerprint density at radius 2 is 1.83 bits per heavy atom. The monoisotopic (exact) mass is 558 g/mol. The lowest BCUT2D eigenvalue weighted by Gasteiger charge is -2.29. The number of rotatable bonds is 9. The van der Waals surface area contributed by atoms with Crippen LogP contribution in [-0.2, 0) is 16.1 Å². The highest BCUT2D eigenvalue weighted by atomic mass is 79.9. The molecule has 0 aromatic heterocycles. The third kappa shape index (κ3) is 7.29. The van der Waals surface area contributed by atoms with Crippen LogP contribution in [0.2, 0.25) is 5.02 Å². The Kier molecular flexibility index (Phi) is 9.65. The summed E-state index contributed by atoms with van der Waals surface area (Å²) in [5.74, 6) is -0.0949. The quantitative estimate of drug-likeness (QED) is 0.436. The molecular formula is C22H25Br2ClN2O3. The van der Waals surface area contributed by atoms with Crippen LogP contribution in [0.1, 0.15) is 32.8 Å². The molecule has 0 aliphatic heterocycles. The Morgan fingerprint density at radius 1 is 1.13 bits per heavy atom. The maximum absolute atomic E-state index is 13.0. The van der Waals surface area contributed by atoms with E-state index in [2.05, 4.69) is 37.2 Å². The van der Waals surface area contributed by atoms with Crippen LogP contribution in [0.25, 0.3) is 0 Å². The van der Waals surface area contributed by atoms with Gasteiger partial charge in [-0.3, -0.25) is 9.59 Å². The highest BCUT2D eigenvalue weighted by Crippen LogP contribution is 2.27. The van der Waals surface area contributed by atoms with Crippen LogP contribution in [0.5, 0.6) is 5.75 Å². The van der Waals surface area contributed by atoms with Crippen molar-refractivity contribution in [3.05, 3.63) is 62.0 Å². The number of benzene rings is 2. The molecule has 0 heterocycles. The summed E-state index contributed by atoms with van der Waals surface area (Å²) in [5.41, 5.74) is 0.905. The second-order valence-corrected chi connectivity index (χ2v) is 9.25. The number of nitrogens with one attached hydrogen (secondary N) is 1. The van der Waals surface area contributed by atoms with Crippen molar-refractivity contribution in [1.82, 2.24) is 10.2 Å². The summed E-state index contributed by atoms with van der Waals surface area (Å²) < 4.78 is 7.37. The summed E-state index contributed by atoms with van der Waals surface area (Å²) >= 11 is 13.0. The average Bonchev–Trinajstić information content (AvgIpc) is 2.70. The Hall–Kier alpha value is -1.57. The molecule has 2 atom stereocenters. The van der Waals surface area contributed by atoms with Crippen LogP contribution in [0.4, 0.5) is 0 Å². The van der Waals surface area contributed by atoms with Crippen molar-refractivity contribution in [2.45, 2.75) is 45.8 Å². The summed E-state index contributed by atoms with van der Waals surface area (Å²) in [6.07, 6.45) is 0.809. The first kappa shape index (κ1) is 24.7. The third-order valence-corrected chi connectivity index (χ3v) is 5.94. The van der Waals surface area contributed by atoms with Crippen molar-refractivity contribution >= 4 is 55.3 Å². The van der Waals surface area contributed by atoms with E-state index in [0.717, 1.165) is 20.9 Å². The highest BCUT2D eigenvalue weighted by molar-refractivity contribution is 9.10. The lowest BCUT2D eigenvalue weighted by atomic mass is 10.1. The maximum atomic E-state index is 13.0. The van der Waals surface area contributed by atoms with Crippen molar-refractivity contribution in [3.63, 3.8) is 0 Å². The topological polar surface area (TPSA) is 58.6 Å². The van der Waals surface area contributed by atoms with E-state index in [-0.39, 0.29) is 31.0 Å². The van der Waals surface area contributed by atoms with Gasteiger partial charge in [-0.15, -0.1) is 0 Å². The first-order chi connectivity index (χ1) is 14.2. The van der Waals surface area contributed by atoms with Gasteiger partial charge in [0.2, 0.25) is 5.91 Å². The first-order valence-electron chi connectivity index (χ1n) is 9.63. The predicted molar refractivity (Wildman–Crippen MR) is 127 cm³/mol. The van der Waals surface area contributed by atoms with E-state index in [0.29, 0.717) is 10.8 Å². The summed E-state index contributed by atoms with van der Waals surface area (Å²) in [6.45, 7) is 5.71. The third-order valence-electron chi connectivity index (χ3n) is 4.66. The van der Waals surface area contributed by atoms with Gasteiger partial charge in [-0.2, -0.15) is 0 Å². The summed E-state index contributed by atoms with van der Waals surface area (Å²) in [7, 11) is 0. The number of hydrogen-bond donors (Lipinski definition) is 1. The number of amides is 2. The largest absolute Gasteiger partial charge is 0.482 e. The molecule has 30 heavy (non-hydrogen) atoms. The van der Waals surface area contributed by atoms with Gasteiger partial charge < -0.3 is 15.0 Å². The molecule has 0 radical (unpaired) electrons. The standard InChI is InChI=1S/C22H25Br2ClN2O3/c1-4-14(2)26-22(29)15(3)27(12-16-6-5-7-17(23)10-16)21(28)13-30-20-9-8-18(24)11-19(20)25/h5-11,14-15H,4,12-13H2,1-3H3,(H,26,29)/t14-,15+/m0/s1. The zero-order chi connectivity index (χ0) is 22.3. The van der Waals surface area contributed by atoms with E-state index in [4.69, 9.17) is 16.3 Å². The Labute approximate surface area is 199 Å². The molecule has 0 saturated carbocycles. The number of halogens is 3. The minimum absolute atomic E-state index is 0.0283. The second-order valence-electron chi connectivity index (χ2n) is 7.01. The van der Waals surface area contributed by atoms with E-state index in [1.54, 1.807) is 25.1 Å². The fraction of sp³-hybridized carbons (Fsp3) is 0.364. The van der Waals surface area contributed by atoms with Gasteiger partial charge in [0.05, 0.1) is 5.02 Å². The normalized spacial score (nSPS) is 12.7. The molecule has 2 aromatic carbocycles. The van der Waals surface area contributed by atoms with Crippen molar-refractivity contribution < 1.29 is 14.3 Å². The minimum atomic E-state index is -0.658. The molecule has 0 aliphatic carbocycles. The molecule has 1 N–H and O–H groups in total. The van der Waals surface area contributed by atoms with Gasteiger partial charge in [-0.05, 0) is 56.2 Å². The summed E-state index contributed by atoms with van der Waals surface area (Å²) in [5, 5.41) is 3.34. The Balaban J connectivity index is 2.18. The maximum Gasteiger partial charge on any atom is 0.261 e. The molecule has 2 rings (SSSR count). The number of carbonyl (C=O) groups is 2. The van der Waals surface area contributed by atoms with Gasteiger partial charge in [0.1, 0.15) is 11.8 Å². The van der Waals surface area contributed by atoms with E-state index in [1.807, 2.05) is 38.1 Å². The zero-order valence-electron chi connectivity index (χ0n) is 17.1. The van der Waals surface area contributed by atoms with Gasteiger partial charge in [0.15, 0.2) is 6.61 Å². The molecular weight excluding hydrogens is 536 g/mol. The van der Waals surface area contributed by atoms with Crippen molar-refractivity contribution in [1.29, 1.82) is 0 Å². The van der Waals surface area contributed by atoms with Gasteiger partial charge in [0, 0.05) is 21.5 Å². The number of ether oxygens (including phenoxy) is 1. The number of hydrogen-bond acceptors (Lipinski definition) is 3. The molecule has 0 fully saturated rings. The molecule has 2 amide bonds. The summed E-state index contributed by atoms with van der Waals surface area (Å²) in [6, 6.07) is 12.2. The van der Waals surface area contributed by atoms with Crippen molar-refractivity contribution in [2.75, 3.05) is 6.61 Å². The molecule has 2 aromatic rings. The fourth-order valence-corrected chi connectivity index (χ4v) is 3.87. The van der Waals surface area contributed by atoms with E-state index in [9.17, 15) is 9.59 Å². The van der Waals surface area contributed by atoms with Gasteiger partial charge in [-0.1, -0.05) is 62.5 Å². The lowest BCUT2D eigenvalue weighted by Crippen LogP contribution is -2.50. The Morgan fingerprint density at radius 3 is 2.47 bits per heavy atom. The SMILES string of the molecule is CC[C@H](C)NC(=O)[C@@H](C)N(Cc1cccc(Br)c1)C(=O)COc1ccc(Br)cc1Cl. The van der Waals surface area contributed by atoms with Gasteiger partial charge in [-0.25, -0.2) is 0 Å². The van der Waals surface area contributed by atoms with Gasteiger partial charge >= 0.3 is 0 Å². The second kappa shape index (κ2) is 11.7. The van der Waals surface area contributed by atoms with Crippen LogP contribution in [0, 0.1) is 0 Å². The molecule has 0 aliphatic rings. The fourth-order valence-electron chi connectivity index (χ4n) is 2.69. The van der Waals surface area contributed by atoms with Gasteiger partial charge in [0.25, 0.3) is 5.91 Å². The molecule has 0 unspecified atom stereocenters. The molecule has 5 nitrogen and oxygen atoms in total. The van der Waals surface area contributed by atoms with E-state index in [1.165, 1.54) is 4.90 Å². The van der Waals surface area contributed by atoms with Crippen LogP contribution in [0.3, 0.4) is 0 Å². The molecule has 0 spiro atoms. The molecule has 8 heteroatoms. The van der Waals surface area contributed by atoms with Crippen LogP contribution in [-0.4, -0.2) is 35.4 Å². The average molecular weight is 561 g/mol. The van der Waals surface area contributed by atoms with Crippen molar-refractivity contribution in [3.8, 4) is 5.75 Å². The highest BCUT2D eigenvalue weighted by Gasteiger charge is 2.27. The number of nitrogens with zero attached hydrogens (tertiary/aromatic N) is 1. The van der Waals surface area contributed by atoms with E-state index < -0.39 is 6.04 Å². The molecule has 0 saturated heterocycles.